The van der Waals surface area contributed by atoms with Crippen LogP contribution in [0.2, 0.25) is 0 Å². The fourth-order valence-electron chi connectivity index (χ4n) is 1.77. The standard InChI is InChI=1S/C13H12F2IN3O/c1-18(8-11-17-6-7-19(11)13(14)15)12(20)9-4-2-3-5-10(9)16/h2-7,13H,8H2,1H3. The number of rotatable bonds is 4. The number of amides is 1. The third kappa shape index (κ3) is 3.14. The molecule has 1 aromatic heterocycles. The zero-order chi connectivity index (χ0) is 14.7. The molecule has 0 aliphatic rings. The van der Waals surface area contributed by atoms with Crippen molar-refractivity contribution in [3.8, 4) is 0 Å². The monoisotopic (exact) mass is 391 g/mol. The van der Waals surface area contributed by atoms with Gasteiger partial charge in [-0.05, 0) is 34.7 Å². The van der Waals surface area contributed by atoms with E-state index in [1.165, 1.54) is 17.3 Å². The smallest absolute Gasteiger partial charge is 0.319 e. The molecule has 0 N–H and O–H groups in total. The van der Waals surface area contributed by atoms with Gasteiger partial charge in [0.25, 0.3) is 5.91 Å². The number of alkyl halides is 2. The van der Waals surface area contributed by atoms with Gasteiger partial charge in [-0.1, -0.05) is 12.1 Å². The zero-order valence-corrected chi connectivity index (χ0v) is 12.8. The van der Waals surface area contributed by atoms with Gasteiger partial charge in [0, 0.05) is 23.0 Å². The van der Waals surface area contributed by atoms with Gasteiger partial charge in [-0.25, -0.2) is 4.98 Å². The Labute approximate surface area is 128 Å². The van der Waals surface area contributed by atoms with Gasteiger partial charge < -0.3 is 4.90 Å². The molecule has 106 valence electrons. The van der Waals surface area contributed by atoms with E-state index in [2.05, 4.69) is 27.6 Å². The molecule has 20 heavy (non-hydrogen) atoms. The van der Waals surface area contributed by atoms with Crippen LogP contribution in [0.15, 0.2) is 36.7 Å². The second-order valence-corrected chi connectivity index (χ2v) is 5.33. The van der Waals surface area contributed by atoms with E-state index >= 15 is 0 Å². The maximum atomic E-state index is 12.7. The molecular formula is C13H12F2IN3O. The summed E-state index contributed by atoms with van der Waals surface area (Å²) in [6.07, 6.45) is 2.50. The molecule has 0 fully saturated rings. The average Bonchev–Trinajstić information content (AvgIpc) is 2.86. The number of hydrogen-bond donors (Lipinski definition) is 0. The summed E-state index contributed by atoms with van der Waals surface area (Å²) in [5.41, 5.74) is 0.547. The van der Waals surface area contributed by atoms with Gasteiger partial charge in [0.2, 0.25) is 0 Å². The molecule has 0 spiro atoms. The van der Waals surface area contributed by atoms with Crippen LogP contribution in [0.25, 0.3) is 0 Å². The maximum Gasteiger partial charge on any atom is 0.319 e. The summed E-state index contributed by atoms with van der Waals surface area (Å²) in [5, 5.41) is 0. The molecule has 0 saturated heterocycles. The van der Waals surface area contributed by atoms with Gasteiger partial charge in [-0.15, -0.1) is 0 Å². The minimum Gasteiger partial charge on any atom is -0.334 e. The summed E-state index contributed by atoms with van der Waals surface area (Å²) in [4.78, 5) is 17.5. The SMILES string of the molecule is CN(Cc1nccn1C(F)F)C(=O)c1ccccc1I. The number of nitrogens with zero attached hydrogens (tertiary/aromatic N) is 3. The van der Waals surface area contributed by atoms with E-state index in [4.69, 9.17) is 0 Å². The first-order valence-electron chi connectivity index (χ1n) is 5.80. The van der Waals surface area contributed by atoms with Crippen molar-refractivity contribution in [2.24, 2.45) is 0 Å². The Hall–Kier alpha value is -1.51. The average molecular weight is 391 g/mol. The molecular weight excluding hydrogens is 379 g/mol. The van der Waals surface area contributed by atoms with Crippen molar-refractivity contribution in [3.63, 3.8) is 0 Å². The van der Waals surface area contributed by atoms with Crippen LogP contribution in [-0.4, -0.2) is 27.4 Å². The Morgan fingerprint density at radius 1 is 1.45 bits per heavy atom. The second kappa shape index (κ2) is 6.29. The number of carbonyl (C=O) groups is 1. The van der Waals surface area contributed by atoms with Crippen LogP contribution in [0, 0.1) is 3.57 Å². The largest absolute Gasteiger partial charge is 0.334 e. The molecule has 1 aromatic carbocycles. The lowest BCUT2D eigenvalue weighted by Crippen LogP contribution is -2.28. The zero-order valence-electron chi connectivity index (χ0n) is 10.6. The van der Waals surface area contributed by atoms with Crippen LogP contribution >= 0.6 is 22.6 Å². The van der Waals surface area contributed by atoms with Gasteiger partial charge in [0.15, 0.2) is 0 Å². The van der Waals surface area contributed by atoms with Crippen LogP contribution in [0.1, 0.15) is 22.7 Å². The lowest BCUT2D eigenvalue weighted by Gasteiger charge is -2.18. The predicted molar refractivity (Wildman–Crippen MR) is 78.4 cm³/mol. The quantitative estimate of drug-likeness (QED) is 0.752. The lowest BCUT2D eigenvalue weighted by molar-refractivity contribution is 0.0612. The van der Waals surface area contributed by atoms with E-state index in [0.717, 1.165) is 8.14 Å². The van der Waals surface area contributed by atoms with E-state index in [0.29, 0.717) is 5.56 Å². The molecule has 2 aromatic rings. The third-order valence-corrected chi connectivity index (χ3v) is 3.73. The number of halogens is 3. The molecule has 0 radical (unpaired) electrons. The molecule has 0 unspecified atom stereocenters. The van der Waals surface area contributed by atoms with Crippen LogP contribution in [0.3, 0.4) is 0 Å². The molecule has 0 atom stereocenters. The number of imidazole rings is 1. The normalized spacial score (nSPS) is 10.8. The van der Waals surface area contributed by atoms with Crippen molar-refractivity contribution in [1.29, 1.82) is 0 Å². The predicted octanol–water partition coefficient (Wildman–Crippen LogP) is 3.16. The number of carbonyl (C=O) groups excluding carboxylic acids is 1. The van der Waals surface area contributed by atoms with Crippen LogP contribution in [0.5, 0.6) is 0 Å². The van der Waals surface area contributed by atoms with Crippen molar-refractivity contribution in [1.82, 2.24) is 14.5 Å². The number of hydrogen-bond acceptors (Lipinski definition) is 2. The highest BCUT2D eigenvalue weighted by atomic mass is 127. The Morgan fingerprint density at radius 3 is 2.80 bits per heavy atom. The highest BCUT2D eigenvalue weighted by Crippen LogP contribution is 2.17. The summed E-state index contributed by atoms with van der Waals surface area (Å²) < 4.78 is 27.0. The molecule has 1 amide bonds. The molecule has 7 heteroatoms. The molecule has 0 bridgehead atoms. The van der Waals surface area contributed by atoms with Crippen molar-refractivity contribution in [2.75, 3.05) is 7.05 Å². The number of aromatic nitrogens is 2. The van der Waals surface area contributed by atoms with Crippen molar-refractivity contribution in [3.05, 3.63) is 51.6 Å². The fourth-order valence-corrected chi connectivity index (χ4v) is 2.39. The summed E-state index contributed by atoms with van der Waals surface area (Å²) in [7, 11) is 1.57. The van der Waals surface area contributed by atoms with Gasteiger partial charge in [0.05, 0.1) is 12.1 Å². The topological polar surface area (TPSA) is 38.1 Å². The van der Waals surface area contributed by atoms with E-state index in [1.54, 1.807) is 19.2 Å². The van der Waals surface area contributed by atoms with Crippen LogP contribution < -0.4 is 0 Å². The lowest BCUT2D eigenvalue weighted by atomic mass is 10.2. The minimum absolute atomic E-state index is 0.0289. The highest BCUT2D eigenvalue weighted by molar-refractivity contribution is 14.1. The first-order valence-corrected chi connectivity index (χ1v) is 6.88. The van der Waals surface area contributed by atoms with E-state index < -0.39 is 6.55 Å². The number of benzene rings is 1. The second-order valence-electron chi connectivity index (χ2n) is 4.17. The fraction of sp³-hybridized carbons (Fsp3) is 0.231. The summed E-state index contributed by atoms with van der Waals surface area (Å²) in [6, 6.07) is 7.13. The molecule has 0 saturated carbocycles. The van der Waals surface area contributed by atoms with Gasteiger partial charge >= 0.3 is 6.55 Å². The molecule has 1 heterocycles. The Bertz CT molecular complexity index is 615. The third-order valence-electron chi connectivity index (χ3n) is 2.79. The molecule has 2 rings (SSSR count). The summed E-state index contributed by atoms with van der Waals surface area (Å²) in [6.45, 7) is -2.63. The first-order chi connectivity index (χ1) is 9.50. The van der Waals surface area contributed by atoms with E-state index in [-0.39, 0.29) is 18.3 Å². The maximum absolute atomic E-state index is 12.7. The van der Waals surface area contributed by atoms with Gasteiger partial charge in [-0.3, -0.25) is 9.36 Å². The summed E-state index contributed by atoms with van der Waals surface area (Å²) in [5.74, 6) is -0.0689. The van der Waals surface area contributed by atoms with Gasteiger partial charge in [0.1, 0.15) is 5.82 Å². The van der Waals surface area contributed by atoms with Crippen molar-refractivity contribution >= 4 is 28.5 Å². The minimum atomic E-state index is -2.66. The molecule has 0 aliphatic carbocycles. The Kier molecular flexibility index (Phi) is 4.69. The van der Waals surface area contributed by atoms with Gasteiger partial charge in [-0.2, -0.15) is 8.78 Å². The Balaban J connectivity index is 2.16. The van der Waals surface area contributed by atoms with E-state index in [1.807, 2.05) is 12.1 Å². The molecule has 4 nitrogen and oxygen atoms in total. The first kappa shape index (κ1) is 14.9. The van der Waals surface area contributed by atoms with Crippen molar-refractivity contribution < 1.29 is 13.6 Å². The van der Waals surface area contributed by atoms with E-state index in [9.17, 15) is 13.6 Å². The highest BCUT2D eigenvalue weighted by Gasteiger charge is 2.18. The van der Waals surface area contributed by atoms with Crippen LogP contribution in [0.4, 0.5) is 8.78 Å². The Morgan fingerprint density at radius 2 is 2.15 bits per heavy atom. The van der Waals surface area contributed by atoms with Crippen LogP contribution in [-0.2, 0) is 6.54 Å². The molecule has 0 aliphatic heterocycles. The van der Waals surface area contributed by atoms with Crippen molar-refractivity contribution in [2.45, 2.75) is 13.1 Å². The summed E-state index contributed by atoms with van der Waals surface area (Å²) >= 11 is 2.07.